The van der Waals surface area contributed by atoms with Crippen molar-refractivity contribution in [3.8, 4) is 11.1 Å². The minimum atomic E-state index is -3.85. The molecular weight excluding hydrogens is 593 g/mol. The number of benzene rings is 3. The molecule has 3 aromatic carbocycles. The van der Waals surface area contributed by atoms with Gasteiger partial charge in [0, 0.05) is 5.56 Å². The average molecular weight is 625 g/mol. The Hall–Kier alpha value is -3.64. The van der Waals surface area contributed by atoms with Gasteiger partial charge in [-0.2, -0.15) is 16.6 Å². The number of carbonyl (C=O) groups is 2. The largest absolute Gasteiger partial charge is 0.364 e. The van der Waals surface area contributed by atoms with Crippen LogP contribution in [-0.2, 0) is 31.1 Å². The first-order chi connectivity index (χ1) is 20.3. The first-order valence-corrected chi connectivity index (χ1v) is 16.8. The molecule has 0 radical (unpaired) electrons. The minimum Gasteiger partial charge on any atom is -0.338 e. The quantitative estimate of drug-likeness (QED) is 0.142. The summed E-state index contributed by atoms with van der Waals surface area (Å²) in [5.74, 6) is -0.516. The molecule has 1 aromatic heterocycles. The lowest BCUT2D eigenvalue weighted by Crippen LogP contribution is -2.42. The van der Waals surface area contributed by atoms with Crippen molar-refractivity contribution < 1.29 is 27.8 Å². The van der Waals surface area contributed by atoms with E-state index in [9.17, 15) is 18.0 Å². The van der Waals surface area contributed by atoms with Crippen LogP contribution in [0.1, 0.15) is 27.9 Å². The molecule has 0 unspecified atom stereocenters. The Bertz CT molecular complexity index is 1610. The molecule has 0 saturated carbocycles. The maximum atomic E-state index is 13.7. The Morgan fingerprint density at radius 2 is 1.71 bits per heavy atom. The second-order valence-electron chi connectivity index (χ2n) is 9.35. The van der Waals surface area contributed by atoms with Crippen molar-refractivity contribution in [2.75, 3.05) is 23.4 Å². The minimum absolute atomic E-state index is 0.0432. The number of nitrogens with one attached hydrogen (secondary N) is 1. The molecule has 0 aliphatic rings. The molecule has 0 aliphatic heterocycles. The summed E-state index contributed by atoms with van der Waals surface area (Å²) in [6.45, 7) is 1.99. The van der Waals surface area contributed by atoms with Crippen LogP contribution in [0.15, 0.2) is 94.5 Å². The van der Waals surface area contributed by atoms with Gasteiger partial charge in [-0.25, -0.2) is 13.2 Å². The first-order valence-electron chi connectivity index (χ1n) is 13.1. The highest BCUT2D eigenvalue weighted by molar-refractivity contribution is 7.98. The number of hydrogen-bond donors (Lipinski definition) is 1. The Morgan fingerprint density at radius 1 is 0.976 bits per heavy atom. The predicted octanol–water partition coefficient (Wildman–Crippen LogP) is 6.08. The Kier molecular flexibility index (Phi) is 10.8. The zero-order chi connectivity index (χ0) is 30.1. The third-order valence-electron chi connectivity index (χ3n) is 6.54. The molecule has 11 heteroatoms. The van der Waals surface area contributed by atoms with Crippen molar-refractivity contribution in [3.05, 3.63) is 107 Å². The molecule has 1 amide bonds. The van der Waals surface area contributed by atoms with E-state index in [0.717, 1.165) is 22.5 Å². The van der Waals surface area contributed by atoms with Crippen molar-refractivity contribution in [2.24, 2.45) is 0 Å². The summed E-state index contributed by atoms with van der Waals surface area (Å²) in [4.78, 5) is 35.4. The van der Waals surface area contributed by atoms with Gasteiger partial charge >= 0.3 is 5.97 Å². The zero-order valence-corrected chi connectivity index (χ0v) is 25.9. The van der Waals surface area contributed by atoms with Gasteiger partial charge in [0.1, 0.15) is 10.3 Å². The third kappa shape index (κ3) is 7.40. The standard InChI is InChI=1S/C31H32N2O6S3/c1-22-10-7-8-13-25(22)27-20-23(15-16-26(27)30(34)32-28(17-19-40-3)31(35)39-38-2)21-33(24-11-5-4-6-12-24)42(36,37)29-14-9-18-41-29/h4-16,18,20,28H,17,19,21H2,1-3H3,(H,32,34)/t28-/m0/s1. The van der Waals surface area contributed by atoms with Crippen LogP contribution in [0.5, 0.6) is 0 Å². The molecule has 0 bridgehead atoms. The number of nitrogens with zero attached hydrogens (tertiary/aromatic N) is 1. The van der Waals surface area contributed by atoms with E-state index >= 15 is 0 Å². The summed E-state index contributed by atoms with van der Waals surface area (Å²) >= 11 is 2.70. The summed E-state index contributed by atoms with van der Waals surface area (Å²) in [6, 6.07) is 24.2. The zero-order valence-electron chi connectivity index (χ0n) is 23.5. The molecule has 220 valence electrons. The number of anilines is 1. The van der Waals surface area contributed by atoms with E-state index in [2.05, 4.69) is 10.2 Å². The molecule has 42 heavy (non-hydrogen) atoms. The van der Waals surface area contributed by atoms with E-state index in [1.54, 1.807) is 65.7 Å². The number of rotatable bonds is 13. The van der Waals surface area contributed by atoms with Crippen LogP contribution in [0.25, 0.3) is 11.1 Å². The fourth-order valence-electron chi connectivity index (χ4n) is 4.44. The maximum absolute atomic E-state index is 13.7. The summed E-state index contributed by atoms with van der Waals surface area (Å²) in [7, 11) is -2.62. The van der Waals surface area contributed by atoms with E-state index in [1.165, 1.54) is 11.4 Å². The van der Waals surface area contributed by atoms with Crippen LogP contribution in [0.2, 0.25) is 0 Å². The molecule has 1 heterocycles. The lowest BCUT2D eigenvalue weighted by molar-refractivity contribution is -0.256. The molecule has 0 aliphatic carbocycles. The van der Waals surface area contributed by atoms with Crippen molar-refractivity contribution in [2.45, 2.75) is 30.1 Å². The van der Waals surface area contributed by atoms with E-state index in [-0.39, 0.29) is 10.8 Å². The lowest BCUT2D eigenvalue weighted by atomic mass is 9.93. The fourth-order valence-corrected chi connectivity index (χ4v) is 7.47. The topological polar surface area (TPSA) is 102 Å². The van der Waals surface area contributed by atoms with Gasteiger partial charge in [0.15, 0.2) is 0 Å². The summed E-state index contributed by atoms with van der Waals surface area (Å²) in [5.41, 5.74) is 3.93. The first kappa shape index (κ1) is 31.3. The number of amides is 1. The Morgan fingerprint density at radius 3 is 2.38 bits per heavy atom. The second kappa shape index (κ2) is 14.5. The van der Waals surface area contributed by atoms with Crippen molar-refractivity contribution in [1.29, 1.82) is 0 Å². The smallest absolute Gasteiger partial charge is 0.338 e. The van der Waals surface area contributed by atoms with E-state index in [4.69, 9.17) is 4.89 Å². The molecule has 1 N–H and O–H groups in total. The Balaban J connectivity index is 1.76. The van der Waals surface area contributed by atoms with Gasteiger partial charge in [0.2, 0.25) is 0 Å². The van der Waals surface area contributed by atoms with Crippen molar-refractivity contribution >= 4 is 50.7 Å². The van der Waals surface area contributed by atoms with Gasteiger partial charge in [-0.15, -0.1) is 11.3 Å². The van der Waals surface area contributed by atoms with Crippen LogP contribution in [-0.4, -0.2) is 45.5 Å². The maximum Gasteiger partial charge on any atom is 0.364 e. The Labute approximate surface area is 254 Å². The molecule has 4 rings (SSSR count). The fraction of sp³-hybridized carbons (Fsp3) is 0.226. The van der Waals surface area contributed by atoms with Gasteiger partial charge in [-0.1, -0.05) is 54.6 Å². The average Bonchev–Trinajstić information content (AvgIpc) is 3.55. The normalized spacial score (nSPS) is 12.0. The van der Waals surface area contributed by atoms with E-state index < -0.39 is 27.9 Å². The number of aryl methyl sites for hydroxylation is 1. The number of thioether (sulfide) groups is 1. The highest BCUT2D eigenvalue weighted by Crippen LogP contribution is 2.32. The van der Waals surface area contributed by atoms with Crippen LogP contribution in [0.3, 0.4) is 0 Å². The molecule has 0 fully saturated rings. The summed E-state index contributed by atoms with van der Waals surface area (Å²) < 4.78 is 29.1. The van der Waals surface area contributed by atoms with Gasteiger partial charge in [-0.3, -0.25) is 14.0 Å². The molecular formula is C31H32N2O6S3. The van der Waals surface area contributed by atoms with Crippen LogP contribution in [0.4, 0.5) is 5.69 Å². The highest BCUT2D eigenvalue weighted by Gasteiger charge is 2.28. The predicted molar refractivity (Wildman–Crippen MR) is 168 cm³/mol. The van der Waals surface area contributed by atoms with E-state index in [1.807, 2.05) is 49.6 Å². The highest BCUT2D eigenvalue weighted by atomic mass is 32.2. The molecule has 1 atom stereocenters. The van der Waals surface area contributed by atoms with Crippen LogP contribution in [0, 0.1) is 6.92 Å². The van der Waals surface area contributed by atoms with Gasteiger partial charge in [-0.05, 0) is 83.3 Å². The van der Waals surface area contributed by atoms with Gasteiger partial charge in [0.05, 0.1) is 19.3 Å². The van der Waals surface area contributed by atoms with Crippen molar-refractivity contribution in [3.63, 3.8) is 0 Å². The second-order valence-corrected chi connectivity index (χ2v) is 13.4. The van der Waals surface area contributed by atoms with Crippen LogP contribution >= 0.6 is 23.1 Å². The molecule has 4 aromatic rings. The van der Waals surface area contributed by atoms with Crippen LogP contribution < -0.4 is 9.62 Å². The summed E-state index contributed by atoms with van der Waals surface area (Å²) in [5, 5.41) is 4.53. The SMILES string of the molecule is COOC(=O)[C@H](CCSC)NC(=O)c1ccc(CN(c2ccccc2)S(=O)(=O)c2cccs2)cc1-c1ccccc1C. The molecule has 0 saturated heterocycles. The monoisotopic (exact) mass is 624 g/mol. The number of sulfonamides is 1. The lowest BCUT2D eigenvalue weighted by Gasteiger charge is -2.25. The number of thiophene rings is 1. The third-order valence-corrected chi connectivity index (χ3v) is 10.3. The molecule has 8 nitrogen and oxygen atoms in total. The number of hydrogen-bond acceptors (Lipinski definition) is 8. The summed E-state index contributed by atoms with van der Waals surface area (Å²) in [6.07, 6.45) is 2.27. The van der Waals surface area contributed by atoms with Gasteiger partial charge in [0.25, 0.3) is 15.9 Å². The van der Waals surface area contributed by atoms with E-state index in [0.29, 0.717) is 34.6 Å². The number of carbonyl (C=O) groups excluding carboxylic acids is 2. The number of para-hydroxylation sites is 1. The van der Waals surface area contributed by atoms with Crippen molar-refractivity contribution in [1.82, 2.24) is 5.32 Å². The molecule has 0 spiro atoms. The van der Waals surface area contributed by atoms with Gasteiger partial charge < -0.3 is 5.32 Å².